The summed E-state index contributed by atoms with van der Waals surface area (Å²) in [6.45, 7) is 4.86. The summed E-state index contributed by atoms with van der Waals surface area (Å²) < 4.78 is 0. The average Bonchev–Trinajstić information content (AvgIpc) is 2.73. The van der Waals surface area contributed by atoms with Crippen LogP contribution in [0.25, 0.3) is 0 Å². The average molecular weight is 360 g/mol. The van der Waals surface area contributed by atoms with E-state index in [1.54, 1.807) is 24.7 Å². The van der Waals surface area contributed by atoms with Gasteiger partial charge in [-0.15, -0.1) is 0 Å². The molecule has 27 heavy (non-hydrogen) atoms. The van der Waals surface area contributed by atoms with Gasteiger partial charge in [0.15, 0.2) is 0 Å². The standard InChI is InChI=1S/C22H24N4O/c1-3-17-6-5-7-18(4-2)21(17)26-22(27)20-9-8-19(15-25-20)24-14-16-10-12-23-13-11-16/h5-13,15,24H,3-4,14H2,1-2H3,(H,26,27). The minimum atomic E-state index is -0.189. The van der Waals surface area contributed by atoms with E-state index >= 15 is 0 Å². The molecule has 1 aromatic carbocycles. The number of carbonyl (C=O) groups is 1. The third-order valence-electron chi connectivity index (χ3n) is 4.48. The summed E-state index contributed by atoms with van der Waals surface area (Å²) in [6.07, 6.45) is 6.95. The lowest BCUT2D eigenvalue weighted by atomic mass is 10.0. The Balaban J connectivity index is 1.68. The molecule has 2 N–H and O–H groups in total. The third kappa shape index (κ3) is 4.70. The van der Waals surface area contributed by atoms with Gasteiger partial charge in [-0.2, -0.15) is 0 Å². The van der Waals surface area contributed by atoms with Crippen LogP contribution in [-0.2, 0) is 19.4 Å². The molecule has 0 bridgehead atoms. The molecule has 0 fully saturated rings. The largest absolute Gasteiger partial charge is 0.380 e. The lowest BCUT2D eigenvalue weighted by molar-refractivity contribution is 0.102. The molecular formula is C22H24N4O. The fourth-order valence-corrected chi connectivity index (χ4v) is 2.92. The van der Waals surface area contributed by atoms with Crippen molar-refractivity contribution in [2.75, 3.05) is 10.6 Å². The van der Waals surface area contributed by atoms with Gasteiger partial charge in [0, 0.05) is 24.6 Å². The zero-order valence-corrected chi connectivity index (χ0v) is 15.7. The summed E-state index contributed by atoms with van der Waals surface area (Å²) in [5.41, 5.74) is 5.59. The number of para-hydroxylation sites is 1. The molecule has 0 aliphatic heterocycles. The van der Waals surface area contributed by atoms with Crippen molar-refractivity contribution in [2.24, 2.45) is 0 Å². The second kappa shape index (κ2) is 8.94. The van der Waals surface area contributed by atoms with Gasteiger partial charge in [-0.05, 0) is 53.8 Å². The first kappa shape index (κ1) is 18.6. The van der Waals surface area contributed by atoms with Crippen molar-refractivity contribution in [3.63, 3.8) is 0 Å². The van der Waals surface area contributed by atoms with Gasteiger partial charge in [-0.25, -0.2) is 4.98 Å². The van der Waals surface area contributed by atoms with Crippen LogP contribution in [0, 0.1) is 0 Å². The minimum Gasteiger partial charge on any atom is -0.380 e. The summed E-state index contributed by atoms with van der Waals surface area (Å²) in [6, 6.07) is 13.7. The van der Waals surface area contributed by atoms with Crippen LogP contribution in [0.5, 0.6) is 0 Å². The third-order valence-corrected chi connectivity index (χ3v) is 4.48. The van der Waals surface area contributed by atoms with Crippen molar-refractivity contribution in [3.05, 3.63) is 83.4 Å². The van der Waals surface area contributed by atoms with Crippen molar-refractivity contribution in [3.8, 4) is 0 Å². The summed E-state index contributed by atoms with van der Waals surface area (Å²) in [5, 5.41) is 6.34. The fourth-order valence-electron chi connectivity index (χ4n) is 2.92. The molecule has 0 aliphatic rings. The SMILES string of the molecule is CCc1cccc(CC)c1NC(=O)c1ccc(NCc2ccncc2)cn1. The number of rotatable bonds is 7. The molecule has 0 atom stereocenters. The molecule has 1 amide bonds. The van der Waals surface area contributed by atoms with Crippen LogP contribution in [0.4, 0.5) is 11.4 Å². The quantitative estimate of drug-likeness (QED) is 0.652. The van der Waals surface area contributed by atoms with Crippen molar-refractivity contribution < 1.29 is 4.79 Å². The molecule has 2 heterocycles. The molecule has 2 aromatic heterocycles. The number of hydrogen-bond donors (Lipinski definition) is 2. The first-order valence-corrected chi connectivity index (χ1v) is 9.22. The number of nitrogens with one attached hydrogen (secondary N) is 2. The van der Waals surface area contributed by atoms with Gasteiger partial charge in [0.05, 0.1) is 11.9 Å². The molecule has 0 spiro atoms. The molecular weight excluding hydrogens is 336 g/mol. The Kier molecular flexibility index (Phi) is 6.15. The van der Waals surface area contributed by atoms with Crippen LogP contribution < -0.4 is 10.6 Å². The van der Waals surface area contributed by atoms with Gasteiger partial charge in [-0.3, -0.25) is 9.78 Å². The fraction of sp³-hybridized carbons (Fsp3) is 0.227. The van der Waals surface area contributed by atoms with Gasteiger partial charge in [0.1, 0.15) is 5.69 Å². The molecule has 0 radical (unpaired) electrons. The number of pyridine rings is 2. The highest BCUT2D eigenvalue weighted by Crippen LogP contribution is 2.23. The Labute approximate surface area is 159 Å². The predicted octanol–water partition coefficient (Wildman–Crippen LogP) is 4.47. The van der Waals surface area contributed by atoms with Crippen molar-refractivity contribution >= 4 is 17.3 Å². The number of aryl methyl sites for hydroxylation is 2. The Bertz CT molecular complexity index is 870. The Morgan fingerprint density at radius 2 is 1.67 bits per heavy atom. The molecule has 138 valence electrons. The van der Waals surface area contributed by atoms with Crippen molar-refractivity contribution in [1.82, 2.24) is 9.97 Å². The minimum absolute atomic E-state index is 0.189. The van der Waals surface area contributed by atoms with E-state index in [9.17, 15) is 4.79 Å². The molecule has 0 saturated heterocycles. The van der Waals surface area contributed by atoms with Crippen LogP contribution in [0.3, 0.4) is 0 Å². The molecule has 3 rings (SSSR count). The van der Waals surface area contributed by atoms with Crippen LogP contribution in [0.1, 0.15) is 41.0 Å². The number of amides is 1. The molecule has 5 nitrogen and oxygen atoms in total. The number of aromatic nitrogens is 2. The molecule has 0 saturated carbocycles. The number of carbonyl (C=O) groups excluding carboxylic acids is 1. The molecule has 0 aliphatic carbocycles. The normalized spacial score (nSPS) is 10.4. The van der Waals surface area contributed by atoms with Crippen LogP contribution >= 0.6 is 0 Å². The van der Waals surface area contributed by atoms with Gasteiger partial charge >= 0.3 is 0 Å². The second-order valence-electron chi connectivity index (χ2n) is 6.25. The summed E-state index contributed by atoms with van der Waals surface area (Å²) in [7, 11) is 0. The van der Waals surface area contributed by atoms with Gasteiger partial charge in [0.25, 0.3) is 5.91 Å². The van der Waals surface area contributed by atoms with Crippen molar-refractivity contribution in [2.45, 2.75) is 33.2 Å². The Morgan fingerprint density at radius 1 is 0.963 bits per heavy atom. The number of nitrogens with zero attached hydrogens (tertiary/aromatic N) is 2. The smallest absolute Gasteiger partial charge is 0.274 e. The van der Waals surface area contributed by atoms with E-state index in [4.69, 9.17) is 0 Å². The second-order valence-corrected chi connectivity index (χ2v) is 6.25. The van der Waals surface area contributed by atoms with Crippen LogP contribution in [0.15, 0.2) is 61.1 Å². The Hall–Kier alpha value is -3.21. The van der Waals surface area contributed by atoms with E-state index in [0.717, 1.165) is 40.9 Å². The van der Waals surface area contributed by atoms with Crippen LogP contribution in [0.2, 0.25) is 0 Å². The van der Waals surface area contributed by atoms with Crippen LogP contribution in [-0.4, -0.2) is 15.9 Å². The number of hydrogen-bond acceptors (Lipinski definition) is 4. The predicted molar refractivity (Wildman–Crippen MR) is 109 cm³/mol. The summed E-state index contributed by atoms with van der Waals surface area (Å²) >= 11 is 0. The topological polar surface area (TPSA) is 66.9 Å². The van der Waals surface area contributed by atoms with E-state index in [1.165, 1.54) is 0 Å². The molecule has 3 aromatic rings. The maximum atomic E-state index is 12.6. The molecule has 5 heteroatoms. The van der Waals surface area contributed by atoms with E-state index in [2.05, 4.69) is 34.4 Å². The van der Waals surface area contributed by atoms with Crippen molar-refractivity contribution in [1.29, 1.82) is 0 Å². The van der Waals surface area contributed by atoms with E-state index in [-0.39, 0.29) is 5.91 Å². The first-order valence-electron chi connectivity index (χ1n) is 9.22. The maximum absolute atomic E-state index is 12.6. The van der Waals surface area contributed by atoms with E-state index in [0.29, 0.717) is 12.2 Å². The van der Waals surface area contributed by atoms with Gasteiger partial charge < -0.3 is 10.6 Å². The lowest BCUT2D eigenvalue weighted by Gasteiger charge is -2.14. The highest BCUT2D eigenvalue weighted by atomic mass is 16.1. The molecule has 0 unspecified atom stereocenters. The summed E-state index contributed by atoms with van der Waals surface area (Å²) in [4.78, 5) is 21.0. The van der Waals surface area contributed by atoms with Gasteiger partial charge in [-0.1, -0.05) is 32.0 Å². The first-order chi connectivity index (χ1) is 13.2. The maximum Gasteiger partial charge on any atom is 0.274 e. The van der Waals surface area contributed by atoms with Gasteiger partial charge in [0.2, 0.25) is 0 Å². The monoisotopic (exact) mass is 360 g/mol. The lowest BCUT2D eigenvalue weighted by Crippen LogP contribution is -2.16. The Morgan fingerprint density at radius 3 is 2.26 bits per heavy atom. The van der Waals surface area contributed by atoms with E-state index in [1.807, 2.05) is 36.4 Å². The number of benzene rings is 1. The highest BCUT2D eigenvalue weighted by Gasteiger charge is 2.12. The summed E-state index contributed by atoms with van der Waals surface area (Å²) in [5.74, 6) is -0.189. The number of anilines is 2. The zero-order chi connectivity index (χ0) is 19.1. The highest BCUT2D eigenvalue weighted by molar-refractivity contribution is 6.03. The van der Waals surface area contributed by atoms with E-state index < -0.39 is 0 Å². The zero-order valence-electron chi connectivity index (χ0n) is 15.7.